The molecule has 0 aliphatic heterocycles. The molecular weight excluding hydrogens is 282 g/mol. The number of rotatable bonds is 14. The molecule has 0 rings (SSSR count). The molecule has 21 heavy (non-hydrogen) atoms. The molecule has 0 radical (unpaired) electrons. The zero-order valence-electron chi connectivity index (χ0n) is 14.7. The third-order valence-corrected chi connectivity index (χ3v) is 6.68. The minimum Gasteiger partial charge on any atom is -0.377 e. The van der Waals surface area contributed by atoms with E-state index in [4.69, 9.17) is 13.3 Å². The van der Waals surface area contributed by atoms with Crippen molar-refractivity contribution in [3.05, 3.63) is 0 Å². The molecule has 4 nitrogen and oxygen atoms in total. The van der Waals surface area contributed by atoms with E-state index < -0.39 is 8.80 Å². The van der Waals surface area contributed by atoms with Crippen LogP contribution in [0.25, 0.3) is 0 Å². The first-order valence-corrected chi connectivity index (χ1v) is 10.2. The van der Waals surface area contributed by atoms with Crippen molar-refractivity contribution in [3.63, 3.8) is 0 Å². The van der Waals surface area contributed by atoms with E-state index in [1.807, 2.05) is 0 Å². The third-order valence-electron chi connectivity index (χ3n) is 3.85. The molecule has 0 spiro atoms. The van der Waals surface area contributed by atoms with Crippen molar-refractivity contribution in [3.8, 4) is 0 Å². The van der Waals surface area contributed by atoms with E-state index in [2.05, 4.69) is 18.8 Å². The second-order valence-corrected chi connectivity index (χ2v) is 8.62. The van der Waals surface area contributed by atoms with Crippen LogP contribution in [0.3, 0.4) is 0 Å². The summed E-state index contributed by atoms with van der Waals surface area (Å²) in [4.78, 5) is 4.64. The lowest BCUT2D eigenvalue weighted by atomic mass is 10.1. The topological polar surface area (TPSA) is 40.0 Å². The molecular formula is C16H35NO3Si. The Bertz CT molecular complexity index is 260. The lowest BCUT2D eigenvalue weighted by Gasteiger charge is -2.23. The Balaban J connectivity index is 3.72. The van der Waals surface area contributed by atoms with Crippen LogP contribution in [0.1, 0.15) is 65.2 Å². The summed E-state index contributed by atoms with van der Waals surface area (Å²) in [6.45, 7) is 5.23. The molecule has 0 aliphatic carbocycles. The van der Waals surface area contributed by atoms with Crippen LogP contribution in [0.15, 0.2) is 4.99 Å². The fraction of sp³-hybridized carbons (Fsp3) is 0.938. The van der Waals surface area contributed by atoms with Crippen LogP contribution in [0, 0.1) is 0 Å². The first-order chi connectivity index (χ1) is 10.1. The van der Waals surface area contributed by atoms with Gasteiger partial charge in [-0.15, -0.1) is 0 Å². The van der Waals surface area contributed by atoms with Crippen LogP contribution >= 0.6 is 0 Å². The van der Waals surface area contributed by atoms with Crippen molar-refractivity contribution in [2.45, 2.75) is 71.3 Å². The van der Waals surface area contributed by atoms with Crippen LogP contribution in [-0.4, -0.2) is 42.4 Å². The van der Waals surface area contributed by atoms with Gasteiger partial charge in [-0.25, -0.2) is 0 Å². The number of hydrogen-bond acceptors (Lipinski definition) is 4. The molecule has 0 unspecified atom stereocenters. The summed E-state index contributed by atoms with van der Waals surface area (Å²) in [5.41, 5.74) is 1.27. The van der Waals surface area contributed by atoms with Gasteiger partial charge in [-0.1, -0.05) is 39.0 Å². The predicted molar refractivity (Wildman–Crippen MR) is 92.2 cm³/mol. The van der Waals surface area contributed by atoms with Crippen molar-refractivity contribution in [1.29, 1.82) is 0 Å². The molecule has 5 heteroatoms. The van der Waals surface area contributed by atoms with Crippen molar-refractivity contribution in [2.24, 2.45) is 4.99 Å². The van der Waals surface area contributed by atoms with Gasteiger partial charge in [-0.05, 0) is 26.2 Å². The third kappa shape index (κ3) is 10.2. The Morgan fingerprint density at radius 1 is 0.857 bits per heavy atom. The van der Waals surface area contributed by atoms with Gasteiger partial charge in [-0.2, -0.15) is 0 Å². The predicted octanol–water partition coefficient (Wildman–Crippen LogP) is 4.47. The summed E-state index contributed by atoms with van der Waals surface area (Å²) in [5, 5.41) is 0. The van der Waals surface area contributed by atoms with E-state index in [-0.39, 0.29) is 0 Å². The lowest BCUT2D eigenvalue weighted by molar-refractivity contribution is 0.123. The molecule has 0 saturated carbocycles. The summed E-state index contributed by atoms with van der Waals surface area (Å²) >= 11 is 0. The minimum absolute atomic E-state index is 0.824. The molecule has 0 aliphatic rings. The fourth-order valence-corrected chi connectivity index (χ4v) is 4.07. The van der Waals surface area contributed by atoms with E-state index in [0.717, 1.165) is 25.4 Å². The van der Waals surface area contributed by atoms with Crippen LogP contribution in [0.2, 0.25) is 6.04 Å². The molecule has 126 valence electrons. The van der Waals surface area contributed by atoms with Gasteiger partial charge in [0.15, 0.2) is 0 Å². The molecule has 0 aromatic rings. The van der Waals surface area contributed by atoms with Crippen molar-refractivity contribution >= 4 is 14.5 Å². The standard InChI is InChI=1S/C16H35NO3Si/c1-6-7-8-9-10-11-13-16(2)17-14-12-15-21(18-3,19-4)20-5/h6-15H2,1-5H3. The van der Waals surface area contributed by atoms with Gasteiger partial charge in [0.05, 0.1) is 0 Å². The summed E-state index contributed by atoms with van der Waals surface area (Å²) in [7, 11) is 2.57. The number of unbranched alkanes of at least 4 members (excludes halogenated alkanes) is 5. The molecule has 0 N–H and O–H groups in total. The van der Waals surface area contributed by atoms with Crippen LogP contribution in [0.5, 0.6) is 0 Å². The lowest BCUT2D eigenvalue weighted by Crippen LogP contribution is -2.42. The van der Waals surface area contributed by atoms with E-state index in [1.54, 1.807) is 21.3 Å². The first kappa shape index (κ1) is 20.8. The largest absolute Gasteiger partial charge is 0.500 e. The summed E-state index contributed by atoms with van der Waals surface area (Å²) in [5.74, 6) is 0. The summed E-state index contributed by atoms with van der Waals surface area (Å²) in [6.07, 6.45) is 10.1. The molecule has 0 aromatic carbocycles. The maximum atomic E-state index is 5.40. The molecule has 0 amide bonds. The second-order valence-electron chi connectivity index (χ2n) is 5.53. The summed E-state index contributed by atoms with van der Waals surface area (Å²) in [6, 6.07) is 0.824. The van der Waals surface area contributed by atoms with Crippen molar-refractivity contribution < 1.29 is 13.3 Å². The van der Waals surface area contributed by atoms with Gasteiger partial charge in [0, 0.05) is 39.6 Å². The number of aliphatic imine (C=N–C) groups is 1. The van der Waals surface area contributed by atoms with Gasteiger partial charge in [-0.3, -0.25) is 4.99 Å². The normalized spacial score (nSPS) is 12.9. The fourth-order valence-electron chi connectivity index (χ4n) is 2.36. The minimum atomic E-state index is -2.40. The maximum Gasteiger partial charge on any atom is 0.500 e. The molecule has 0 aromatic heterocycles. The molecule has 0 bridgehead atoms. The number of nitrogens with zero attached hydrogens (tertiary/aromatic N) is 1. The van der Waals surface area contributed by atoms with Crippen LogP contribution < -0.4 is 0 Å². The van der Waals surface area contributed by atoms with Crippen molar-refractivity contribution in [1.82, 2.24) is 0 Å². The average Bonchev–Trinajstić information content (AvgIpc) is 2.51. The Morgan fingerprint density at radius 2 is 1.43 bits per heavy atom. The van der Waals surface area contributed by atoms with E-state index >= 15 is 0 Å². The average molecular weight is 318 g/mol. The smallest absolute Gasteiger partial charge is 0.377 e. The quantitative estimate of drug-likeness (QED) is 0.270. The van der Waals surface area contributed by atoms with Gasteiger partial charge in [0.2, 0.25) is 0 Å². The molecule has 0 atom stereocenters. The van der Waals surface area contributed by atoms with E-state index in [1.165, 1.54) is 44.2 Å². The Kier molecular flexibility index (Phi) is 13.3. The monoisotopic (exact) mass is 317 g/mol. The zero-order chi connectivity index (χ0) is 16.0. The van der Waals surface area contributed by atoms with Gasteiger partial charge in [0.1, 0.15) is 0 Å². The molecule has 0 fully saturated rings. The zero-order valence-corrected chi connectivity index (χ0v) is 15.7. The van der Waals surface area contributed by atoms with Gasteiger partial charge < -0.3 is 13.3 Å². The Morgan fingerprint density at radius 3 is 2.00 bits per heavy atom. The first-order valence-electron chi connectivity index (χ1n) is 8.29. The highest BCUT2D eigenvalue weighted by atomic mass is 28.4. The Labute approximate surface area is 132 Å². The SMILES string of the molecule is CCCCCCCCC(C)=NCCC[Si](OC)(OC)OC. The highest BCUT2D eigenvalue weighted by Gasteiger charge is 2.36. The highest BCUT2D eigenvalue weighted by molar-refractivity contribution is 6.60. The summed E-state index contributed by atoms with van der Waals surface area (Å²) < 4.78 is 16.2. The van der Waals surface area contributed by atoms with Gasteiger partial charge >= 0.3 is 8.80 Å². The van der Waals surface area contributed by atoms with Gasteiger partial charge in [0.25, 0.3) is 0 Å². The van der Waals surface area contributed by atoms with E-state index in [9.17, 15) is 0 Å². The van der Waals surface area contributed by atoms with Crippen LogP contribution in [0.4, 0.5) is 0 Å². The Hall–Kier alpha value is -0.233. The van der Waals surface area contributed by atoms with Crippen LogP contribution in [-0.2, 0) is 13.3 Å². The molecule has 0 saturated heterocycles. The second kappa shape index (κ2) is 13.4. The maximum absolute atomic E-state index is 5.40. The highest BCUT2D eigenvalue weighted by Crippen LogP contribution is 2.15. The molecule has 0 heterocycles. The number of hydrogen-bond donors (Lipinski definition) is 0. The van der Waals surface area contributed by atoms with E-state index in [0.29, 0.717) is 0 Å². The van der Waals surface area contributed by atoms with Crippen molar-refractivity contribution in [2.75, 3.05) is 27.9 Å².